The first-order chi connectivity index (χ1) is 18.6. The predicted molar refractivity (Wildman–Crippen MR) is 150 cm³/mol. The first kappa shape index (κ1) is 30.0. The lowest BCUT2D eigenvalue weighted by atomic mass is 9.29. The van der Waals surface area contributed by atoms with Crippen LogP contribution in [-0.2, 0) is 23.9 Å². The molecule has 0 aromatic carbocycles. The molecular weight excluding hydrogens is 508 g/mol. The lowest BCUT2D eigenvalue weighted by Crippen LogP contribution is -2.76. The summed E-state index contributed by atoms with van der Waals surface area (Å²) in [6.07, 6.45) is 6.06. The molecule has 0 bridgehead atoms. The molecule has 7 nitrogen and oxygen atoms in total. The molecule has 0 amide bonds. The van der Waals surface area contributed by atoms with Gasteiger partial charge in [0, 0.05) is 18.3 Å². The standard InChI is InChI=1S/C33H52O7/c1-8-30(5)11-9-12-31(6)23(30)10-13-32(7)24(31)16-26(39-20(4)36)33-17-21(37)29(33)28(19(3)35)22(15-25(32)33)40-27(38)14-18(2)34/h18,21-26,28-29,34,37H,8-17H2,1-7H3/t18?,21-,22+,23+,24-,25+,26+,28-,29+,30+,31+,32-,33-/m1/s1. The first-order valence-electron chi connectivity index (χ1n) is 15.9. The van der Waals surface area contributed by atoms with Crippen molar-refractivity contribution in [3.63, 3.8) is 0 Å². The highest BCUT2D eigenvalue weighted by atomic mass is 16.6. The van der Waals surface area contributed by atoms with Crippen LogP contribution >= 0.6 is 0 Å². The number of ether oxygens (including phenoxy) is 2. The minimum absolute atomic E-state index is 0.0454. The van der Waals surface area contributed by atoms with Crippen LogP contribution in [0, 0.1) is 51.2 Å². The fourth-order valence-electron chi connectivity index (χ4n) is 11.8. The maximum atomic E-state index is 13.2. The van der Waals surface area contributed by atoms with Gasteiger partial charge in [-0.15, -0.1) is 0 Å². The number of Topliss-reactive ketones (excluding diaryl/α,β-unsaturated/α-hetero) is 1. The molecular formula is C33H52O7. The molecule has 40 heavy (non-hydrogen) atoms. The number of rotatable bonds is 6. The van der Waals surface area contributed by atoms with Gasteiger partial charge in [-0.3, -0.25) is 14.4 Å². The Morgan fingerprint density at radius 3 is 2.20 bits per heavy atom. The molecule has 7 heteroatoms. The van der Waals surface area contributed by atoms with Crippen LogP contribution in [0.5, 0.6) is 0 Å². The first-order valence-corrected chi connectivity index (χ1v) is 15.9. The minimum atomic E-state index is -0.834. The number of aliphatic hydroxyl groups excluding tert-OH is 2. The number of hydrogen-bond donors (Lipinski definition) is 2. The zero-order chi connectivity index (χ0) is 29.4. The van der Waals surface area contributed by atoms with E-state index >= 15 is 0 Å². The number of carbonyl (C=O) groups excluding carboxylic acids is 3. The van der Waals surface area contributed by atoms with E-state index in [9.17, 15) is 24.6 Å². The Morgan fingerprint density at radius 2 is 1.62 bits per heavy atom. The highest BCUT2D eigenvalue weighted by Gasteiger charge is 2.77. The van der Waals surface area contributed by atoms with Crippen molar-refractivity contribution in [2.24, 2.45) is 51.2 Å². The molecule has 5 fully saturated rings. The lowest BCUT2D eigenvalue weighted by Gasteiger charge is -2.76. The van der Waals surface area contributed by atoms with Crippen LogP contribution in [0.25, 0.3) is 0 Å². The van der Waals surface area contributed by atoms with E-state index in [1.54, 1.807) is 6.92 Å². The molecule has 5 aliphatic rings. The van der Waals surface area contributed by atoms with Gasteiger partial charge < -0.3 is 19.7 Å². The second-order valence-electron chi connectivity index (χ2n) is 15.3. The van der Waals surface area contributed by atoms with Gasteiger partial charge in [0.25, 0.3) is 0 Å². The van der Waals surface area contributed by atoms with Gasteiger partial charge in [-0.25, -0.2) is 0 Å². The van der Waals surface area contributed by atoms with Crippen molar-refractivity contribution in [2.75, 3.05) is 0 Å². The van der Waals surface area contributed by atoms with Crippen molar-refractivity contribution in [3.8, 4) is 0 Å². The van der Waals surface area contributed by atoms with Crippen LogP contribution in [0.2, 0.25) is 0 Å². The summed E-state index contributed by atoms with van der Waals surface area (Å²) in [5.74, 6) is -1.04. The number of carbonyl (C=O) groups is 3. The second kappa shape index (κ2) is 10.1. The summed E-state index contributed by atoms with van der Waals surface area (Å²) < 4.78 is 12.2. The number of ketones is 1. The van der Waals surface area contributed by atoms with Gasteiger partial charge in [-0.05, 0) is 92.8 Å². The van der Waals surface area contributed by atoms with E-state index in [2.05, 4.69) is 27.7 Å². The average Bonchev–Trinajstić information content (AvgIpc) is 2.83. The van der Waals surface area contributed by atoms with Crippen LogP contribution in [0.4, 0.5) is 0 Å². The maximum Gasteiger partial charge on any atom is 0.308 e. The van der Waals surface area contributed by atoms with Gasteiger partial charge in [-0.1, -0.05) is 40.5 Å². The number of hydrogen-bond acceptors (Lipinski definition) is 7. The predicted octanol–water partition coefficient (Wildman–Crippen LogP) is 5.24. The second-order valence-corrected chi connectivity index (χ2v) is 15.3. The monoisotopic (exact) mass is 560 g/mol. The largest absolute Gasteiger partial charge is 0.462 e. The Balaban J connectivity index is 1.61. The fraction of sp³-hybridized carbons (Fsp3) is 0.909. The molecule has 0 radical (unpaired) electrons. The molecule has 0 saturated heterocycles. The molecule has 0 aromatic rings. The molecule has 0 aromatic heterocycles. The molecule has 1 unspecified atom stereocenters. The number of fused-ring (bicyclic) bond motifs is 4. The zero-order valence-corrected chi connectivity index (χ0v) is 25.7. The van der Waals surface area contributed by atoms with Crippen molar-refractivity contribution in [2.45, 2.75) is 137 Å². The Bertz CT molecular complexity index is 1040. The fourth-order valence-corrected chi connectivity index (χ4v) is 11.8. The Hall–Kier alpha value is -1.47. The Kier molecular flexibility index (Phi) is 7.55. The van der Waals surface area contributed by atoms with Crippen molar-refractivity contribution in [3.05, 3.63) is 0 Å². The maximum absolute atomic E-state index is 13.2. The molecule has 5 aliphatic carbocycles. The quantitative estimate of drug-likeness (QED) is 0.428. The summed E-state index contributed by atoms with van der Waals surface area (Å²) in [7, 11) is 0. The highest BCUT2D eigenvalue weighted by molar-refractivity contribution is 5.81. The van der Waals surface area contributed by atoms with Gasteiger partial charge >= 0.3 is 11.9 Å². The van der Waals surface area contributed by atoms with Gasteiger partial charge in [-0.2, -0.15) is 0 Å². The normalized spacial score (nSPS) is 50.1. The van der Waals surface area contributed by atoms with Gasteiger partial charge in [0.1, 0.15) is 18.0 Å². The molecule has 5 rings (SSSR count). The summed E-state index contributed by atoms with van der Waals surface area (Å²) in [6.45, 7) is 14.2. The summed E-state index contributed by atoms with van der Waals surface area (Å²) in [6, 6.07) is 0. The van der Waals surface area contributed by atoms with Crippen molar-refractivity contribution < 1.29 is 34.1 Å². The van der Waals surface area contributed by atoms with Crippen molar-refractivity contribution in [1.82, 2.24) is 0 Å². The minimum Gasteiger partial charge on any atom is -0.462 e. The van der Waals surface area contributed by atoms with E-state index < -0.39 is 41.5 Å². The number of aliphatic hydroxyl groups is 2. The summed E-state index contributed by atoms with van der Waals surface area (Å²) in [5, 5.41) is 21.1. The van der Waals surface area contributed by atoms with E-state index in [0.29, 0.717) is 30.1 Å². The highest BCUT2D eigenvalue weighted by Crippen LogP contribution is 2.77. The average molecular weight is 561 g/mol. The van der Waals surface area contributed by atoms with E-state index in [1.165, 1.54) is 26.7 Å². The van der Waals surface area contributed by atoms with Crippen LogP contribution in [-0.4, -0.2) is 52.4 Å². The molecule has 0 aliphatic heterocycles. The Morgan fingerprint density at radius 1 is 0.950 bits per heavy atom. The van der Waals surface area contributed by atoms with Crippen LogP contribution in [0.1, 0.15) is 113 Å². The van der Waals surface area contributed by atoms with Crippen molar-refractivity contribution >= 4 is 17.7 Å². The van der Waals surface area contributed by atoms with E-state index in [0.717, 1.165) is 32.1 Å². The van der Waals surface area contributed by atoms with E-state index in [4.69, 9.17) is 9.47 Å². The number of esters is 2. The topological polar surface area (TPSA) is 110 Å². The lowest BCUT2D eigenvalue weighted by molar-refractivity contribution is -0.323. The molecule has 226 valence electrons. The third kappa shape index (κ3) is 4.22. The van der Waals surface area contributed by atoms with Gasteiger partial charge in [0.15, 0.2) is 0 Å². The van der Waals surface area contributed by atoms with Crippen LogP contribution in [0.3, 0.4) is 0 Å². The van der Waals surface area contributed by atoms with Crippen molar-refractivity contribution in [1.29, 1.82) is 0 Å². The van der Waals surface area contributed by atoms with Crippen LogP contribution < -0.4 is 0 Å². The molecule has 5 saturated carbocycles. The SMILES string of the molecule is CC[C@@]1(C)CCC[C@]2(C)[C@H]3C[C@H](OC(C)=O)[C@]45C[C@@H](O)[C@H]4[C@H](C(C)=O)[C@@H](OC(=O)CC(C)O)C[C@H]5[C@]3(C)CC[C@@H]12. The summed E-state index contributed by atoms with van der Waals surface area (Å²) in [4.78, 5) is 38.6. The smallest absolute Gasteiger partial charge is 0.308 e. The molecule has 2 N–H and O–H groups in total. The molecule has 13 atom stereocenters. The Labute approximate surface area is 240 Å². The summed E-state index contributed by atoms with van der Waals surface area (Å²) >= 11 is 0. The third-order valence-electron chi connectivity index (χ3n) is 13.3. The zero-order valence-electron chi connectivity index (χ0n) is 25.7. The van der Waals surface area contributed by atoms with Gasteiger partial charge in [0.2, 0.25) is 0 Å². The van der Waals surface area contributed by atoms with Gasteiger partial charge in [0.05, 0.1) is 24.5 Å². The van der Waals surface area contributed by atoms with E-state index in [-0.39, 0.29) is 41.0 Å². The summed E-state index contributed by atoms with van der Waals surface area (Å²) in [5.41, 5.74) is -0.209. The van der Waals surface area contributed by atoms with Crippen LogP contribution in [0.15, 0.2) is 0 Å². The van der Waals surface area contributed by atoms with E-state index in [1.807, 2.05) is 0 Å². The molecule has 0 heterocycles. The molecule has 1 spiro atoms. The third-order valence-corrected chi connectivity index (χ3v) is 13.3.